The van der Waals surface area contributed by atoms with Crippen molar-refractivity contribution in [2.24, 2.45) is 0 Å². The molecule has 1 aliphatic heterocycles. The fourth-order valence-electron chi connectivity index (χ4n) is 2.56. The number of methoxy groups -OCH3 is 1. The van der Waals surface area contributed by atoms with Gasteiger partial charge in [-0.15, -0.1) is 0 Å². The molecule has 0 saturated carbocycles. The summed E-state index contributed by atoms with van der Waals surface area (Å²) in [6.07, 6.45) is 0. The van der Waals surface area contributed by atoms with E-state index in [4.69, 9.17) is 21.1 Å². The molecule has 1 aromatic carbocycles. The fourth-order valence-corrected chi connectivity index (χ4v) is 2.85. The Morgan fingerprint density at radius 3 is 2.59 bits per heavy atom. The minimum atomic E-state index is 0.538. The Kier molecular flexibility index (Phi) is 7.25. The van der Waals surface area contributed by atoms with Gasteiger partial charge in [0.2, 0.25) is 0 Å². The molecule has 5 nitrogen and oxygen atoms in total. The van der Waals surface area contributed by atoms with E-state index in [-0.39, 0.29) is 0 Å². The van der Waals surface area contributed by atoms with Crippen LogP contribution in [0.1, 0.15) is 0 Å². The first kappa shape index (κ1) is 17.3. The fraction of sp³-hybridized carbons (Fsp3) is 0.625. The topological polar surface area (TPSA) is 37.0 Å². The largest absolute Gasteiger partial charge is 0.491 e. The van der Waals surface area contributed by atoms with E-state index in [0.717, 1.165) is 55.7 Å². The van der Waals surface area contributed by atoms with Gasteiger partial charge in [0, 0.05) is 52.4 Å². The summed E-state index contributed by atoms with van der Waals surface area (Å²) in [6.45, 7) is 7.41. The molecular weight excluding hydrogens is 302 g/mol. The van der Waals surface area contributed by atoms with E-state index in [1.807, 2.05) is 25.2 Å². The number of anilines is 1. The van der Waals surface area contributed by atoms with Gasteiger partial charge in [0.1, 0.15) is 12.4 Å². The van der Waals surface area contributed by atoms with E-state index in [9.17, 15) is 0 Å². The molecular formula is C16H26ClN3O2. The molecule has 22 heavy (non-hydrogen) atoms. The number of nitrogens with zero attached hydrogens (tertiary/aromatic N) is 2. The van der Waals surface area contributed by atoms with Gasteiger partial charge in [0.15, 0.2) is 0 Å². The zero-order chi connectivity index (χ0) is 15.8. The van der Waals surface area contributed by atoms with Crippen molar-refractivity contribution in [3.63, 3.8) is 0 Å². The highest BCUT2D eigenvalue weighted by Crippen LogP contribution is 2.30. The lowest BCUT2D eigenvalue weighted by atomic mass is 10.2. The third-order valence-electron chi connectivity index (χ3n) is 3.87. The molecule has 1 aromatic rings. The Bertz CT molecular complexity index is 451. The molecule has 0 unspecified atom stereocenters. The maximum Gasteiger partial charge on any atom is 0.121 e. The lowest BCUT2D eigenvalue weighted by Gasteiger charge is -2.36. The highest BCUT2D eigenvalue weighted by Gasteiger charge is 2.18. The van der Waals surface area contributed by atoms with Crippen LogP contribution >= 0.6 is 11.6 Å². The molecule has 124 valence electrons. The number of halogens is 1. The van der Waals surface area contributed by atoms with Crippen molar-refractivity contribution in [3.8, 4) is 5.75 Å². The lowest BCUT2D eigenvalue weighted by Crippen LogP contribution is -2.48. The van der Waals surface area contributed by atoms with Gasteiger partial charge in [-0.25, -0.2) is 0 Å². The number of likely N-dealkylation sites (N-methyl/N-ethyl adjacent to an activating group) is 1. The molecule has 0 radical (unpaired) electrons. The molecule has 1 aliphatic rings. The van der Waals surface area contributed by atoms with Gasteiger partial charge in [0.05, 0.1) is 17.3 Å². The van der Waals surface area contributed by atoms with Gasteiger partial charge >= 0.3 is 0 Å². The molecule has 1 heterocycles. The normalized spacial score (nSPS) is 16.0. The summed E-state index contributed by atoms with van der Waals surface area (Å²) >= 11 is 6.42. The maximum atomic E-state index is 6.42. The smallest absolute Gasteiger partial charge is 0.121 e. The van der Waals surface area contributed by atoms with Crippen LogP contribution in [0.25, 0.3) is 0 Å². The molecule has 6 heteroatoms. The van der Waals surface area contributed by atoms with Crippen molar-refractivity contribution in [2.45, 2.75) is 0 Å². The number of hydrogen-bond donors (Lipinski definition) is 1. The highest BCUT2D eigenvalue weighted by molar-refractivity contribution is 6.33. The van der Waals surface area contributed by atoms with Crippen molar-refractivity contribution in [2.75, 3.05) is 71.5 Å². The van der Waals surface area contributed by atoms with Crippen LogP contribution in [0.3, 0.4) is 0 Å². The summed E-state index contributed by atoms with van der Waals surface area (Å²) in [4.78, 5) is 4.82. The van der Waals surface area contributed by atoms with E-state index in [1.54, 1.807) is 7.11 Å². The van der Waals surface area contributed by atoms with Crippen LogP contribution in [0.5, 0.6) is 5.75 Å². The van der Waals surface area contributed by atoms with E-state index in [0.29, 0.717) is 13.2 Å². The van der Waals surface area contributed by atoms with Crippen LogP contribution in [0.4, 0.5) is 5.69 Å². The first-order valence-corrected chi connectivity index (χ1v) is 8.15. The molecule has 1 fully saturated rings. The Morgan fingerprint density at radius 1 is 1.18 bits per heavy atom. The van der Waals surface area contributed by atoms with Crippen LogP contribution in [-0.4, -0.2) is 71.5 Å². The first-order chi connectivity index (χ1) is 10.7. The molecule has 0 aromatic heterocycles. The zero-order valence-electron chi connectivity index (χ0n) is 13.5. The molecule has 1 saturated heterocycles. The Balaban J connectivity index is 1.87. The number of ether oxygens (including phenoxy) is 2. The van der Waals surface area contributed by atoms with Crippen LogP contribution in [-0.2, 0) is 4.74 Å². The quantitative estimate of drug-likeness (QED) is 0.736. The summed E-state index contributed by atoms with van der Waals surface area (Å²) in [5.74, 6) is 0.790. The SMILES string of the molecule is CNCCN1CCN(c2ccc(OCCOC)cc2Cl)CC1. The van der Waals surface area contributed by atoms with Crippen LogP contribution in [0.15, 0.2) is 18.2 Å². The van der Waals surface area contributed by atoms with Crippen molar-refractivity contribution in [1.82, 2.24) is 10.2 Å². The minimum Gasteiger partial charge on any atom is -0.491 e. The minimum absolute atomic E-state index is 0.538. The van der Waals surface area contributed by atoms with Gasteiger partial charge in [-0.05, 0) is 19.2 Å². The first-order valence-electron chi connectivity index (χ1n) is 7.78. The molecule has 1 N–H and O–H groups in total. The monoisotopic (exact) mass is 327 g/mol. The summed E-state index contributed by atoms with van der Waals surface area (Å²) < 4.78 is 10.6. The molecule has 2 rings (SSSR count). The van der Waals surface area contributed by atoms with E-state index in [1.165, 1.54) is 0 Å². The van der Waals surface area contributed by atoms with Gasteiger partial charge in [-0.1, -0.05) is 11.6 Å². The average Bonchev–Trinajstić information content (AvgIpc) is 2.54. The van der Waals surface area contributed by atoms with Gasteiger partial charge < -0.3 is 19.7 Å². The van der Waals surface area contributed by atoms with E-state index in [2.05, 4.69) is 15.1 Å². The summed E-state index contributed by atoms with van der Waals surface area (Å²) in [5, 5.41) is 3.94. The molecule has 0 aliphatic carbocycles. The van der Waals surface area contributed by atoms with Crippen LogP contribution < -0.4 is 15.0 Å². The molecule has 0 atom stereocenters. The predicted octanol–water partition coefficient (Wildman–Crippen LogP) is 1.71. The Morgan fingerprint density at radius 2 is 1.95 bits per heavy atom. The van der Waals surface area contributed by atoms with Gasteiger partial charge in [0.25, 0.3) is 0 Å². The summed E-state index contributed by atoms with van der Waals surface area (Å²) in [6, 6.07) is 5.91. The lowest BCUT2D eigenvalue weighted by molar-refractivity contribution is 0.146. The summed E-state index contributed by atoms with van der Waals surface area (Å²) in [5.41, 5.74) is 1.09. The van der Waals surface area contributed by atoms with E-state index >= 15 is 0 Å². The second kappa shape index (κ2) is 9.20. The Labute approximate surface area is 138 Å². The van der Waals surface area contributed by atoms with Crippen molar-refractivity contribution in [1.29, 1.82) is 0 Å². The van der Waals surface area contributed by atoms with Crippen molar-refractivity contribution in [3.05, 3.63) is 23.2 Å². The number of hydrogen-bond acceptors (Lipinski definition) is 5. The van der Waals surface area contributed by atoms with Gasteiger partial charge in [-0.2, -0.15) is 0 Å². The third-order valence-corrected chi connectivity index (χ3v) is 4.17. The van der Waals surface area contributed by atoms with E-state index < -0.39 is 0 Å². The number of piperazine rings is 1. The number of rotatable bonds is 8. The van der Waals surface area contributed by atoms with Crippen molar-refractivity contribution >= 4 is 17.3 Å². The second-order valence-electron chi connectivity index (χ2n) is 5.39. The highest BCUT2D eigenvalue weighted by atomic mass is 35.5. The van der Waals surface area contributed by atoms with Crippen LogP contribution in [0.2, 0.25) is 5.02 Å². The van der Waals surface area contributed by atoms with Gasteiger partial charge in [-0.3, -0.25) is 4.90 Å². The number of nitrogens with one attached hydrogen (secondary N) is 1. The molecule has 0 amide bonds. The second-order valence-corrected chi connectivity index (χ2v) is 5.79. The zero-order valence-corrected chi connectivity index (χ0v) is 14.2. The van der Waals surface area contributed by atoms with Crippen LogP contribution in [0, 0.1) is 0 Å². The average molecular weight is 328 g/mol. The third kappa shape index (κ3) is 5.02. The van der Waals surface area contributed by atoms with Crippen molar-refractivity contribution < 1.29 is 9.47 Å². The molecule has 0 spiro atoms. The Hall–Kier alpha value is -1.01. The predicted molar refractivity (Wildman–Crippen MR) is 91.4 cm³/mol. The molecule has 0 bridgehead atoms. The number of benzene rings is 1. The maximum absolute atomic E-state index is 6.42. The standard InChI is InChI=1S/C16H26ClN3O2/c1-18-5-6-19-7-9-20(10-8-19)16-4-3-14(13-15(16)17)22-12-11-21-2/h3-4,13,18H,5-12H2,1-2H3. The summed E-state index contributed by atoms with van der Waals surface area (Å²) in [7, 11) is 3.65.